The lowest BCUT2D eigenvalue weighted by molar-refractivity contribution is 0.102. The molecule has 2 aliphatic heterocycles. The summed E-state index contributed by atoms with van der Waals surface area (Å²) in [6.45, 7) is 5.82. The average molecular weight is 506 g/mol. The Morgan fingerprint density at radius 2 is 2.15 bits per heavy atom. The zero-order valence-electron chi connectivity index (χ0n) is 18.9. The number of carbonyl (C=O) groups excluding carboxylic acids is 1. The molecule has 1 fully saturated rings. The summed E-state index contributed by atoms with van der Waals surface area (Å²) in [5.41, 5.74) is 5.01. The molecule has 2 atom stereocenters. The minimum atomic E-state index is -3.14. The van der Waals surface area contributed by atoms with Gasteiger partial charge in [-0.15, -0.1) is 0 Å². The zero-order valence-corrected chi connectivity index (χ0v) is 20.5. The van der Waals surface area contributed by atoms with Gasteiger partial charge in [-0.3, -0.25) is 18.7 Å². The van der Waals surface area contributed by atoms with E-state index in [0.717, 1.165) is 6.42 Å². The highest BCUT2D eigenvalue weighted by Gasteiger charge is 2.57. The lowest BCUT2D eigenvalue weighted by atomic mass is 9.89. The Kier molecular flexibility index (Phi) is 5.96. The van der Waals surface area contributed by atoms with Crippen molar-refractivity contribution in [1.82, 2.24) is 14.7 Å². The number of nitrogens with two attached hydrogens (primary N) is 1. The maximum Gasteiger partial charge on any atom is 0.276 e. The number of aromatic nitrogens is 2. The molecule has 0 aliphatic carbocycles. The fourth-order valence-electron chi connectivity index (χ4n) is 4.61. The molecule has 180 valence electrons. The number of nitrogens with zero attached hydrogens (tertiary/aromatic N) is 4. The molecule has 4 rings (SSSR count). The van der Waals surface area contributed by atoms with Crippen molar-refractivity contribution in [2.75, 3.05) is 11.9 Å². The number of fused-ring (bicyclic) bond motifs is 1. The van der Waals surface area contributed by atoms with E-state index >= 15 is 4.39 Å². The topological polar surface area (TPSA) is 146 Å². The monoisotopic (exact) mass is 505 g/mol. The Balaban J connectivity index is 1.75. The van der Waals surface area contributed by atoms with Crippen molar-refractivity contribution in [2.24, 2.45) is 10.7 Å². The summed E-state index contributed by atoms with van der Waals surface area (Å²) in [6.07, 6.45) is 2.53. The predicted molar refractivity (Wildman–Crippen MR) is 130 cm³/mol. The van der Waals surface area contributed by atoms with Crippen molar-refractivity contribution in [3.05, 3.63) is 52.2 Å². The number of carbonyl (C=O) groups is 1. The fourth-order valence-corrected chi connectivity index (χ4v) is 8.57. The van der Waals surface area contributed by atoms with E-state index in [1.807, 2.05) is 6.07 Å². The van der Waals surface area contributed by atoms with Crippen molar-refractivity contribution >= 4 is 39.3 Å². The molecule has 2 aromatic heterocycles. The van der Waals surface area contributed by atoms with Crippen LogP contribution in [0.1, 0.15) is 55.4 Å². The van der Waals surface area contributed by atoms with E-state index in [2.05, 4.69) is 25.0 Å². The quantitative estimate of drug-likeness (QED) is 0.471. The molecule has 2 aromatic rings. The van der Waals surface area contributed by atoms with Crippen LogP contribution < -0.4 is 15.8 Å². The second kappa shape index (κ2) is 8.37. The molecular weight excluding hydrogens is 481 g/mol. The number of hydrogen-bond acceptors (Lipinski definition) is 7. The molecule has 2 aliphatic rings. The van der Waals surface area contributed by atoms with E-state index in [1.165, 1.54) is 24.4 Å². The van der Waals surface area contributed by atoms with Gasteiger partial charge in [-0.25, -0.2) is 14.4 Å². The van der Waals surface area contributed by atoms with Crippen LogP contribution in [0.25, 0.3) is 0 Å². The minimum Gasteiger partial charge on any atom is -0.386 e. The van der Waals surface area contributed by atoms with Crippen LogP contribution in [-0.2, 0) is 15.7 Å². The number of halogens is 2. The highest BCUT2D eigenvalue weighted by Crippen LogP contribution is 2.48. The molecular formula is C22H25ClFN7O2S. The van der Waals surface area contributed by atoms with Gasteiger partial charge in [-0.05, 0) is 61.9 Å². The number of nitrogens with one attached hydrogen (secondary N) is 2. The van der Waals surface area contributed by atoms with Gasteiger partial charge in [0.15, 0.2) is 0 Å². The summed E-state index contributed by atoms with van der Waals surface area (Å²) in [4.78, 5) is 25.7. The first-order valence-corrected chi connectivity index (χ1v) is 12.8. The number of amidine groups is 1. The van der Waals surface area contributed by atoms with Crippen LogP contribution in [0.5, 0.6) is 0 Å². The highest BCUT2D eigenvalue weighted by atomic mass is 35.5. The van der Waals surface area contributed by atoms with Gasteiger partial charge in [0.2, 0.25) is 0 Å². The molecule has 0 bridgehead atoms. The van der Waals surface area contributed by atoms with Crippen LogP contribution in [0.15, 0.2) is 29.4 Å². The Morgan fingerprint density at radius 1 is 1.41 bits per heavy atom. The van der Waals surface area contributed by atoms with Crippen molar-refractivity contribution in [1.29, 1.82) is 5.26 Å². The fraction of sp³-hybridized carbons (Fsp3) is 0.409. The molecule has 0 aromatic carbocycles. The lowest BCUT2D eigenvalue weighted by Crippen LogP contribution is -2.69. The Bertz CT molecular complexity index is 1310. The third kappa shape index (κ3) is 3.66. The molecule has 0 saturated carbocycles. The molecule has 4 N–H and O–H groups in total. The summed E-state index contributed by atoms with van der Waals surface area (Å²) in [6, 6.07) is 5.68. The lowest BCUT2D eigenvalue weighted by Gasteiger charge is -2.55. The van der Waals surface area contributed by atoms with Gasteiger partial charge in [0.1, 0.15) is 40.5 Å². The van der Waals surface area contributed by atoms with Crippen molar-refractivity contribution < 1.29 is 13.4 Å². The second-order valence-electron chi connectivity index (χ2n) is 9.07. The van der Waals surface area contributed by atoms with Gasteiger partial charge in [0.05, 0.1) is 20.6 Å². The van der Waals surface area contributed by atoms with E-state index in [0.29, 0.717) is 13.0 Å². The van der Waals surface area contributed by atoms with Gasteiger partial charge < -0.3 is 11.1 Å². The Morgan fingerprint density at radius 3 is 2.82 bits per heavy atom. The largest absolute Gasteiger partial charge is 0.386 e. The first kappa shape index (κ1) is 24.2. The van der Waals surface area contributed by atoms with Crippen LogP contribution >= 0.6 is 11.6 Å². The third-order valence-electron chi connectivity index (χ3n) is 6.65. The van der Waals surface area contributed by atoms with E-state index < -0.39 is 37.4 Å². The molecule has 0 spiro atoms. The van der Waals surface area contributed by atoms with Gasteiger partial charge in [-0.2, -0.15) is 5.26 Å². The number of anilines is 1. The van der Waals surface area contributed by atoms with Crippen LogP contribution in [0.3, 0.4) is 0 Å². The number of hydrogen-bond donors (Lipinski definition) is 4. The van der Waals surface area contributed by atoms with E-state index in [-0.39, 0.29) is 33.6 Å². The van der Waals surface area contributed by atoms with Gasteiger partial charge >= 0.3 is 0 Å². The summed E-state index contributed by atoms with van der Waals surface area (Å²) in [7, 11) is -3.14. The number of rotatable bonds is 3. The van der Waals surface area contributed by atoms with Crippen LogP contribution in [0, 0.1) is 17.1 Å². The number of pyridine rings is 2. The highest BCUT2D eigenvalue weighted by molar-refractivity contribution is 8.04. The maximum atomic E-state index is 15.2. The number of amides is 1. The van der Waals surface area contributed by atoms with Gasteiger partial charge in [-0.1, -0.05) is 11.6 Å². The van der Waals surface area contributed by atoms with E-state index in [9.17, 15) is 9.00 Å². The molecule has 1 saturated heterocycles. The predicted octanol–water partition coefficient (Wildman–Crippen LogP) is 2.44. The molecule has 9 nitrogen and oxygen atoms in total. The SMILES string of the molecule is CC1(C)C(N)=N[C@](C)(c2nc(NC(=O)c3ncc(C#N)cc3Cl)ccc2F)[C@@H]2CCCN[SH]21=O. The third-order valence-corrected chi connectivity index (χ3v) is 11.2. The molecule has 0 unspecified atom stereocenters. The molecule has 4 heterocycles. The van der Waals surface area contributed by atoms with E-state index in [1.54, 1.807) is 20.8 Å². The van der Waals surface area contributed by atoms with Crippen molar-refractivity contribution in [3.8, 4) is 6.07 Å². The van der Waals surface area contributed by atoms with Crippen LogP contribution in [0.2, 0.25) is 5.02 Å². The first-order chi connectivity index (χ1) is 15.9. The zero-order chi connectivity index (χ0) is 24.9. The number of thiol groups is 1. The number of nitriles is 1. The molecule has 0 radical (unpaired) electrons. The normalized spacial score (nSPS) is 25.9. The standard InChI is InChI=1S/C22H25ClFN7O2S/c1-21(2)20(26)31-22(3,15-5-4-8-28-34(15,21)33)18-14(24)6-7-16(29-18)30-19(32)17-13(23)9-12(10-25)11-27-17/h6-7,9,11,15,34H,4-5,8H2,1-3H3,(H2,26,31)(H,28,33)(H,29,30,32)/t15-,22-/m0/s1. The van der Waals surface area contributed by atoms with Crippen molar-refractivity contribution in [2.45, 2.75) is 49.1 Å². The summed E-state index contributed by atoms with van der Waals surface area (Å²) in [5, 5.41) is 11.0. The first-order valence-electron chi connectivity index (χ1n) is 10.7. The number of aliphatic imine (C=N–C) groups is 1. The molecule has 34 heavy (non-hydrogen) atoms. The van der Waals surface area contributed by atoms with E-state index in [4.69, 9.17) is 22.6 Å². The Labute approximate surface area is 202 Å². The van der Waals surface area contributed by atoms with Gasteiger partial charge in [0, 0.05) is 12.7 Å². The minimum absolute atomic E-state index is 0.00745. The van der Waals surface area contributed by atoms with Gasteiger partial charge in [0.25, 0.3) is 5.91 Å². The summed E-state index contributed by atoms with van der Waals surface area (Å²) >= 11 is 6.08. The smallest absolute Gasteiger partial charge is 0.276 e. The molecule has 12 heteroatoms. The molecule has 1 amide bonds. The van der Waals surface area contributed by atoms with Crippen LogP contribution in [-0.4, -0.2) is 42.5 Å². The second-order valence-corrected chi connectivity index (χ2v) is 12.9. The summed E-state index contributed by atoms with van der Waals surface area (Å²) in [5.74, 6) is -1.12. The Hall–Kier alpha value is -2.94. The van der Waals surface area contributed by atoms with Crippen LogP contribution in [0.4, 0.5) is 10.2 Å². The average Bonchev–Trinajstić information content (AvgIpc) is 2.79. The van der Waals surface area contributed by atoms with Crippen molar-refractivity contribution in [3.63, 3.8) is 0 Å². The summed E-state index contributed by atoms with van der Waals surface area (Å²) < 4.78 is 31.6. The maximum absolute atomic E-state index is 15.2.